The molecular formula is C19H23ClN3O2S+. The van der Waals surface area contributed by atoms with Gasteiger partial charge in [0, 0.05) is 18.5 Å². The van der Waals surface area contributed by atoms with Crippen LogP contribution in [0.15, 0.2) is 41.1 Å². The molecule has 1 aliphatic rings. The van der Waals surface area contributed by atoms with E-state index in [-0.39, 0.29) is 11.8 Å². The van der Waals surface area contributed by atoms with Crippen LogP contribution in [0.25, 0.3) is 0 Å². The number of amides is 2. The number of thiophene rings is 1. The van der Waals surface area contributed by atoms with Crippen LogP contribution in [0.5, 0.6) is 0 Å². The maximum atomic E-state index is 12.3. The third-order valence-electron chi connectivity index (χ3n) is 4.60. The predicted octanol–water partition coefficient (Wildman–Crippen LogP) is 1.45. The van der Waals surface area contributed by atoms with Crippen LogP contribution in [0, 0.1) is 0 Å². The molecule has 2 heterocycles. The number of carbonyl (C=O) groups excluding carboxylic acids is 2. The van der Waals surface area contributed by atoms with Gasteiger partial charge in [0.15, 0.2) is 0 Å². The minimum absolute atomic E-state index is 0.0963. The fourth-order valence-electron chi connectivity index (χ4n) is 3.11. The summed E-state index contributed by atoms with van der Waals surface area (Å²) in [5.74, 6) is -0.146. The van der Waals surface area contributed by atoms with Gasteiger partial charge < -0.3 is 15.1 Å². The highest BCUT2D eigenvalue weighted by atomic mass is 35.5. The van der Waals surface area contributed by atoms with E-state index in [4.69, 9.17) is 11.6 Å². The molecule has 0 radical (unpaired) electrons. The SMILES string of the molecule is O=C(NCCC(=O)N1CC[NH+](Cc2ccsc2)CC1)c1ccccc1Cl. The van der Waals surface area contributed by atoms with Gasteiger partial charge in [-0.2, -0.15) is 11.3 Å². The number of carbonyl (C=O) groups is 2. The van der Waals surface area contributed by atoms with Crippen LogP contribution in [-0.4, -0.2) is 49.4 Å². The first-order chi connectivity index (χ1) is 12.6. The molecule has 2 N–H and O–H groups in total. The standard InChI is InChI=1S/C19H22ClN3O2S/c20-17-4-2-1-3-16(17)19(25)21-7-5-18(24)23-10-8-22(9-11-23)13-15-6-12-26-14-15/h1-4,6,12,14H,5,7-11,13H2,(H,21,25)/p+1. The lowest BCUT2D eigenvalue weighted by Crippen LogP contribution is -3.13. The van der Waals surface area contributed by atoms with Crippen LogP contribution in [0.1, 0.15) is 22.3 Å². The lowest BCUT2D eigenvalue weighted by atomic mass is 10.2. The van der Waals surface area contributed by atoms with Crippen molar-refractivity contribution in [3.8, 4) is 0 Å². The highest BCUT2D eigenvalue weighted by Gasteiger charge is 2.23. The summed E-state index contributed by atoms with van der Waals surface area (Å²) in [7, 11) is 0. The fourth-order valence-corrected chi connectivity index (χ4v) is 4.00. The lowest BCUT2D eigenvalue weighted by Gasteiger charge is -2.32. The molecule has 2 aromatic rings. The van der Waals surface area contributed by atoms with Crippen LogP contribution >= 0.6 is 22.9 Å². The summed E-state index contributed by atoms with van der Waals surface area (Å²) in [6.07, 6.45) is 0.316. The molecule has 0 bridgehead atoms. The number of rotatable bonds is 6. The monoisotopic (exact) mass is 392 g/mol. The third-order valence-corrected chi connectivity index (χ3v) is 5.66. The summed E-state index contributed by atoms with van der Waals surface area (Å²) in [6.45, 7) is 4.83. The van der Waals surface area contributed by atoms with Crippen LogP contribution in [0.4, 0.5) is 0 Å². The maximum absolute atomic E-state index is 12.3. The normalized spacial score (nSPS) is 15.0. The molecule has 0 spiro atoms. The molecule has 1 fully saturated rings. The van der Waals surface area contributed by atoms with Gasteiger partial charge in [0.1, 0.15) is 6.54 Å². The number of nitrogens with one attached hydrogen (secondary N) is 2. The molecule has 1 aromatic heterocycles. The van der Waals surface area contributed by atoms with Gasteiger partial charge in [0.2, 0.25) is 5.91 Å². The number of hydrogen-bond donors (Lipinski definition) is 2. The van der Waals surface area contributed by atoms with Crippen LogP contribution in [0.3, 0.4) is 0 Å². The molecule has 3 rings (SSSR count). The molecule has 1 aliphatic heterocycles. The Bertz CT molecular complexity index is 743. The largest absolute Gasteiger partial charge is 0.351 e. The molecule has 7 heteroatoms. The second-order valence-electron chi connectivity index (χ2n) is 6.42. The molecule has 0 atom stereocenters. The van der Waals surface area contributed by atoms with Gasteiger partial charge in [0.05, 0.1) is 36.8 Å². The molecule has 1 saturated heterocycles. The van der Waals surface area contributed by atoms with Crippen molar-refractivity contribution in [3.05, 3.63) is 57.2 Å². The highest BCUT2D eigenvalue weighted by molar-refractivity contribution is 7.07. The number of hydrogen-bond acceptors (Lipinski definition) is 3. The van der Waals surface area contributed by atoms with Crippen molar-refractivity contribution < 1.29 is 14.5 Å². The zero-order chi connectivity index (χ0) is 18.4. The van der Waals surface area contributed by atoms with Crippen molar-refractivity contribution in [1.29, 1.82) is 0 Å². The summed E-state index contributed by atoms with van der Waals surface area (Å²) < 4.78 is 0. The Balaban J connectivity index is 1.38. The van der Waals surface area contributed by atoms with Gasteiger partial charge in [-0.1, -0.05) is 23.7 Å². The van der Waals surface area contributed by atoms with Crippen LogP contribution in [0.2, 0.25) is 5.02 Å². The average Bonchev–Trinajstić information content (AvgIpc) is 3.15. The highest BCUT2D eigenvalue weighted by Crippen LogP contribution is 2.14. The third kappa shape index (κ3) is 5.06. The van der Waals surface area contributed by atoms with E-state index in [0.717, 1.165) is 32.7 Å². The van der Waals surface area contributed by atoms with Gasteiger partial charge in [0.25, 0.3) is 5.91 Å². The molecule has 5 nitrogen and oxygen atoms in total. The first-order valence-electron chi connectivity index (χ1n) is 8.78. The van der Waals surface area contributed by atoms with E-state index in [0.29, 0.717) is 23.6 Å². The number of nitrogens with zero attached hydrogens (tertiary/aromatic N) is 1. The Morgan fingerprint density at radius 2 is 1.96 bits per heavy atom. The smallest absolute Gasteiger partial charge is 0.252 e. The van der Waals surface area contributed by atoms with E-state index in [1.54, 1.807) is 35.6 Å². The summed E-state index contributed by atoms with van der Waals surface area (Å²) in [5, 5.41) is 7.48. The van der Waals surface area contributed by atoms with E-state index in [9.17, 15) is 9.59 Å². The number of quaternary nitrogens is 1. The van der Waals surface area contributed by atoms with Crippen molar-refractivity contribution in [3.63, 3.8) is 0 Å². The van der Waals surface area contributed by atoms with E-state index in [1.807, 2.05) is 4.90 Å². The van der Waals surface area contributed by atoms with E-state index in [1.165, 1.54) is 10.5 Å². The first kappa shape index (κ1) is 18.9. The minimum atomic E-state index is -0.242. The van der Waals surface area contributed by atoms with Gasteiger partial charge in [-0.25, -0.2) is 0 Å². The zero-order valence-corrected chi connectivity index (χ0v) is 16.1. The lowest BCUT2D eigenvalue weighted by molar-refractivity contribution is -0.917. The van der Waals surface area contributed by atoms with E-state index in [2.05, 4.69) is 22.1 Å². The van der Waals surface area contributed by atoms with E-state index >= 15 is 0 Å². The summed E-state index contributed by atoms with van der Waals surface area (Å²) in [6, 6.07) is 9.07. The summed E-state index contributed by atoms with van der Waals surface area (Å²) in [4.78, 5) is 27.9. The summed E-state index contributed by atoms with van der Waals surface area (Å²) >= 11 is 7.73. The van der Waals surface area contributed by atoms with Gasteiger partial charge in [-0.3, -0.25) is 9.59 Å². The molecule has 2 amide bonds. The van der Waals surface area contributed by atoms with Crippen molar-refractivity contribution in [2.75, 3.05) is 32.7 Å². The number of piperazine rings is 1. The van der Waals surface area contributed by atoms with Crippen molar-refractivity contribution in [1.82, 2.24) is 10.2 Å². The topological polar surface area (TPSA) is 53.9 Å². The predicted molar refractivity (Wildman–Crippen MR) is 104 cm³/mol. The Labute approximate surface area is 162 Å². The van der Waals surface area contributed by atoms with Crippen LogP contribution in [-0.2, 0) is 11.3 Å². The van der Waals surface area contributed by atoms with E-state index < -0.39 is 0 Å². The fraction of sp³-hybridized carbons (Fsp3) is 0.368. The Morgan fingerprint density at radius 3 is 2.65 bits per heavy atom. The van der Waals surface area contributed by atoms with Crippen molar-refractivity contribution >= 4 is 34.8 Å². The molecular weight excluding hydrogens is 370 g/mol. The second-order valence-corrected chi connectivity index (χ2v) is 7.61. The number of benzene rings is 1. The van der Waals surface area contributed by atoms with Crippen molar-refractivity contribution in [2.45, 2.75) is 13.0 Å². The molecule has 1 aromatic carbocycles. The van der Waals surface area contributed by atoms with Crippen molar-refractivity contribution in [2.24, 2.45) is 0 Å². The van der Waals surface area contributed by atoms with Gasteiger partial charge in [-0.05, 0) is 29.0 Å². The first-order valence-corrected chi connectivity index (χ1v) is 10.1. The van der Waals surface area contributed by atoms with Crippen LogP contribution < -0.4 is 10.2 Å². The number of halogens is 1. The quantitative estimate of drug-likeness (QED) is 0.781. The molecule has 138 valence electrons. The second kappa shape index (κ2) is 9.16. The Morgan fingerprint density at radius 1 is 1.19 bits per heavy atom. The maximum Gasteiger partial charge on any atom is 0.252 e. The molecule has 0 aliphatic carbocycles. The molecule has 0 unspecified atom stereocenters. The molecule has 26 heavy (non-hydrogen) atoms. The average molecular weight is 393 g/mol. The van der Waals surface area contributed by atoms with Gasteiger partial charge in [-0.15, -0.1) is 0 Å². The Hall–Kier alpha value is -1.89. The zero-order valence-electron chi connectivity index (χ0n) is 14.5. The van der Waals surface area contributed by atoms with Gasteiger partial charge >= 0.3 is 0 Å². The summed E-state index contributed by atoms with van der Waals surface area (Å²) in [5.41, 5.74) is 1.80. The Kier molecular flexibility index (Phi) is 6.66. The molecule has 0 saturated carbocycles. The minimum Gasteiger partial charge on any atom is -0.351 e.